The number of benzene rings is 2. The fraction of sp³-hybridized carbons (Fsp3) is 0.0714. The van der Waals surface area contributed by atoms with E-state index in [2.05, 4.69) is 0 Å². The standard InChI is InChI=1S/C14H11N3O6/c15-14(18)13(9-1-3-10(4-2-9)16(19)20)23-12-7-5-11(6-8-12)17(21)22/h1-8,13H,(H2,15,18). The van der Waals surface area contributed by atoms with Crippen molar-refractivity contribution in [2.24, 2.45) is 5.73 Å². The Morgan fingerprint density at radius 2 is 1.35 bits per heavy atom. The van der Waals surface area contributed by atoms with Crippen molar-refractivity contribution in [3.63, 3.8) is 0 Å². The molecule has 0 saturated carbocycles. The molecule has 2 aromatic rings. The van der Waals surface area contributed by atoms with Gasteiger partial charge >= 0.3 is 0 Å². The molecule has 0 aliphatic heterocycles. The summed E-state index contributed by atoms with van der Waals surface area (Å²) in [5.41, 5.74) is 5.37. The molecule has 1 unspecified atom stereocenters. The molecule has 118 valence electrons. The minimum absolute atomic E-state index is 0.122. The molecule has 2 aromatic carbocycles. The van der Waals surface area contributed by atoms with Gasteiger partial charge in [-0.2, -0.15) is 0 Å². The number of nitrogens with zero attached hydrogens (tertiary/aromatic N) is 2. The predicted octanol–water partition coefficient (Wildman–Crippen LogP) is 2.11. The zero-order chi connectivity index (χ0) is 17.0. The number of carbonyl (C=O) groups is 1. The van der Waals surface area contributed by atoms with Gasteiger partial charge in [-0.05, 0) is 24.3 Å². The number of nitrogens with two attached hydrogens (primary N) is 1. The van der Waals surface area contributed by atoms with Gasteiger partial charge in [-0.25, -0.2) is 0 Å². The second-order valence-corrected chi connectivity index (χ2v) is 4.50. The van der Waals surface area contributed by atoms with Crippen LogP contribution in [-0.2, 0) is 4.79 Å². The lowest BCUT2D eigenvalue weighted by Gasteiger charge is -2.16. The molecular weight excluding hydrogens is 306 g/mol. The monoisotopic (exact) mass is 317 g/mol. The van der Waals surface area contributed by atoms with Gasteiger partial charge in [0.25, 0.3) is 17.3 Å². The maximum atomic E-state index is 11.6. The average Bonchev–Trinajstić information content (AvgIpc) is 2.53. The third-order valence-electron chi connectivity index (χ3n) is 2.97. The van der Waals surface area contributed by atoms with Crippen molar-refractivity contribution in [2.45, 2.75) is 6.10 Å². The first-order valence-electron chi connectivity index (χ1n) is 6.33. The summed E-state index contributed by atoms with van der Waals surface area (Å²) < 4.78 is 5.43. The van der Waals surface area contributed by atoms with Crippen LogP contribution in [0, 0.1) is 20.2 Å². The number of hydrogen-bond donors (Lipinski definition) is 1. The van der Waals surface area contributed by atoms with Crippen LogP contribution in [0.25, 0.3) is 0 Å². The molecule has 0 heterocycles. The lowest BCUT2D eigenvalue weighted by atomic mass is 10.1. The summed E-state index contributed by atoms with van der Waals surface area (Å²) in [4.78, 5) is 31.6. The highest BCUT2D eigenvalue weighted by Crippen LogP contribution is 2.25. The van der Waals surface area contributed by atoms with Gasteiger partial charge in [0.2, 0.25) is 6.10 Å². The van der Waals surface area contributed by atoms with E-state index in [4.69, 9.17) is 10.5 Å². The molecule has 0 fully saturated rings. The van der Waals surface area contributed by atoms with Crippen molar-refractivity contribution in [3.05, 3.63) is 74.3 Å². The molecule has 9 heteroatoms. The highest BCUT2D eigenvalue weighted by Gasteiger charge is 2.21. The first kappa shape index (κ1) is 15.9. The molecule has 0 aliphatic carbocycles. The summed E-state index contributed by atoms with van der Waals surface area (Å²) in [7, 11) is 0. The van der Waals surface area contributed by atoms with Crippen LogP contribution >= 0.6 is 0 Å². The zero-order valence-corrected chi connectivity index (χ0v) is 11.6. The third-order valence-corrected chi connectivity index (χ3v) is 2.97. The number of nitro groups is 2. The van der Waals surface area contributed by atoms with E-state index in [-0.39, 0.29) is 17.1 Å². The van der Waals surface area contributed by atoms with Gasteiger partial charge in [0.15, 0.2) is 0 Å². The van der Waals surface area contributed by atoms with Gasteiger partial charge in [0.1, 0.15) is 5.75 Å². The summed E-state index contributed by atoms with van der Waals surface area (Å²) >= 11 is 0. The SMILES string of the molecule is NC(=O)C(Oc1ccc([N+](=O)[O-])cc1)c1ccc([N+](=O)[O-])cc1. The van der Waals surface area contributed by atoms with Gasteiger partial charge in [0.05, 0.1) is 9.85 Å². The Balaban J connectivity index is 2.23. The Bertz CT molecular complexity index is 742. The van der Waals surface area contributed by atoms with E-state index in [0.29, 0.717) is 5.56 Å². The largest absolute Gasteiger partial charge is 0.476 e. The van der Waals surface area contributed by atoms with Gasteiger partial charge in [0, 0.05) is 29.8 Å². The van der Waals surface area contributed by atoms with Crippen molar-refractivity contribution in [3.8, 4) is 5.75 Å². The first-order chi connectivity index (χ1) is 10.9. The fourth-order valence-corrected chi connectivity index (χ4v) is 1.84. The van der Waals surface area contributed by atoms with Crippen LogP contribution in [0.3, 0.4) is 0 Å². The number of amides is 1. The highest BCUT2D eigenvalue weighted by molar-refractivity contribution is 5.80. The van der Waals surface area contributed by atoms with Crippen molar-refractivity contribution in [1.29, 1.82) is 0 Å². The molecule has 9 nitrogen and oxygen atoms in total. The molecular formula is C14H11N3O6. The molecule has 0 aromatic heterocycles. The van der Waals surface area contributed by atoms with E-state index < -0.39 is 21.9 Å². The molecule has 0 aliphatic rings. The Hall–Kier alpha value is -3.49. The fourth-order valence-electron chi connectivity index (χ4n) is 1.84. The van der Waals surface area contributed by atoms with Gasteiger partial charge in [-0.1, -0.05) is 0 Å². The third kappa shape index (κ3) is 3.79. The van der Waals surface area contributed by atoms with Crippen molar-refractivity contribution in [2.75, 3.05) is 0 Å². The van der Waals surface area contributed by atoms with E-state index >= 15 is 0 Å². The average molecular weight is 317 g/mol. The van der Waals surface area contributed by atoms with Crippen molar-refractivity contribution < 1.29 is 19.4 Å². The smallest absolute Gasteiger partial charge is 0.269 e. The van der Waals surface area contributed by atoms with Gasteiger partial charge < -0.3 is 10.5 Å². The van der Waals surface area contributed by atoms with E-state index in [1.54, 1.807) is 0 Å². The van der Waals surface area contributed by atoms with E-state index in [0.717, 1.165) is 0 Å². The van der Waals surface area contributed by atoms with Crippen LogP contribution in [0.5, 0.6) is 5.75 Å². The topological polar surface area (TPSA) is 139 Å². The number of ether oxygens (including phenoxy) is 1. The summed E-state index contributed by atoms with van der Waals surface area (Å²) in [6.07, 6.45) is -1.17. The van der Waals surface area contributed by atoms with Crippen LogP contribution in [0.1, 0.15) is 11.7 Å². The molecule has 0 saturated heterocycles. The first-order valence-corrected chi connectivity index (χ1v) is 6.33. The number of non-ortho nitro benzene ring substituents is 2. The lowest BCUT2D eigenvalue weighted by molar-refractivity contribution is -0.385. The molecule has 1 atom stereocenters. The lowest BCUT2D eigenvalue weighted by Crippen LogP contribution is -2.26. The Morgan fingerprint density at radius 1 is 0.913 bits per heavy atom. The van der Waals surface area contributed by atoms with Crippen LogP contribution in [-0.4, -0.2) is 15.8 Å². The molecule has 2 N–H and O–H groups in total. The minimum atomic E-state index is -1.17. The normalized spacial score (nSPS) is 11.5. The maximum absolute atomic E-state index is 11.6. The summed E-state index contributed by atoms with van der Waals surface area (Å²) in [5, 5.41) is 21.2. The van der Waals surface area contributed by atoms with E-state index in [1.165, 1.54) is 48.5 Å². The molecule has 23 heavy (non-hydrogen) atoms. The Morgan fingerprint density at radius 3 is 1.74 bits per heavy atom. The molecule has 0 bridgehead atoms. The van der Waals surface area contributed by atoms with Gasteiger partial charge in [-0.15, -0.1) is 0 Å². The summed E-state index contributed by atoms with van der Waals surface area (Å²) in [6, 6.07) is 10.3. The number of rotatable bonds is 6. The zero-order valence-electron chi connectivity index (χ0n) is 11.6. The van der Waals surface area contributed by atoms with Crippen LogP contribution in [0.2, 0.25) is 0 Å². The van der Waals surface area contributed by atoms with Gasteiger partial charge in [-0.3, -0.25) is 25.0 Å². The number of carbonyl (C=O) groups excluding carboxylic acids is 1. The number of primary amides is 1. The van der Waals surface area contributed by atoms with E-state index in [9.17, 15) is 25.0 Å². The van der Waals surface area contributed by atoms with Crippen LogP contribution < -0.4 is 10.5 Å². The highest BCUT2D eigenvalue weighted by atomic mass is 16.6. The Labute approximate surface area is 129 Å². The number of nitro benzene ring substituents is 2. The second kappa shape index (κ2) is 6.52. The Kier molecular flexibility index (Phi) is 4.50. The quantitative estimate of drug-likeness (QED) is 0.639. The minimum Gasteiger partial charge on any atom is -0.476 e. The molecule has 0 radical (unpaired) electrons. The van der Waals surface area contributed by atoms with Crippen molar-refractivity contribution in [1.82, 2.24) is 0 Å². The number of hydrogen-bond acceptors (Lipinski definition) is 6. The molecule has 0 spiro atoms. The molecule has 1 amide bonds. The maximum Gasteiger partial charge on any atom is 0.269 e. The predicted molar refractivity (Wildman–Crippen MR) is 78.8 cm³/mol. The summed E-state index contributed by atoms with van der Waals surface area (Å²) in [6.45, 7) is 0. The molecule has 2 rings (SSSR count). The van der Waals surface area contributed by atoms with Crippen LogP contribution in [0.15, 0.2) is 48.5 Å². The summed E-state index contributed by atoms with van der Waals surface area (Å²) in [5.74, 6) is -0.588. The van der Waals surface area contributed by atoms with E-state index in [1.807, 2.05) is 0 Å². The van der Waals surface area contributed by atoms with Crippen LogP contribution in [0.4, 0.5) is 11.4 Å². The second-order valence-electron chi connectivity index (χ2n) is 4.50. The van der Waals surface area contributed by atoms with Crippen molar-refractivity contribution >= 4 is 17.3 Å².